The van der Waals surface area contributed by atoms with Gasteiger partial charge in [-0.25, -0.2) is 0 Å². The monoisotopic (exact) mass is 408 g/mol. The molecule has 4 aromatic carbocycles. The molecule has 0 bridgehead atoms. The van der Waals surface area contributed by atoms with Crippen molar-refractivity contribution in [3.63, 3.8) is 0 Å². The molecule has 0 aromatic heterocycles. The second-order valence-corrected chi connectivity index (χ2v) is 14.0. The van der Waals surface area contributed by atoms with Gasteiger partial charge in [-0.05, 0) is 0 Å². The topological polar surface area (TPSA) is 0 Å². The zero-order valence-corrected chi connectivity index (χ0v) is 18.2. The van der Waals surface area contributed by atoms with Crippen LogP contribution in [0.2, 0.25) is 0 Å². The summed E-state index contributed by atoms with van der Waals surface area (Å²) in [6.45, 7) is 2.27. The van der Waals surface area contributed by atoms with Crippen LogP contribution >= 0.6 is 0 Å². The molecule has 140 valence electrons. The zero-order valence-electron chi connectivity index (χ0n) is 16.6. The summed E-state index contributed by atoms with van der Waals surface area (Å²) >= 11 is -3.08. The van der Waals surface area contributed by atoms with Crippen molar-refractivity contribution in [1.29, 1.82) is 0 Å². The van der Waals surface area contributed by atoms with Crippen molar-refractivity contribution in [2.45, 2.75) is 11.1 Å². The van der Waals surface area contributed by atoms with Crippen LogP contribution in [0.25, 0.3) is 5.57 Å². The first-order valence-corrected chi connectivity index (χ1v) is 13.5. The molecule has 1 aliphatic carbocycles. The number of hydrogen-bond donors (Lipinski definition) is 0. The summed E-state index contributed by atoms with van der Waals surface area (Å²) in [6.07, 6.45) is 2.55. The van der Waals surface area contributed by atoms with E-state index in [1.54, 1.807) is 0 Å². The molecule has 5 rings (SSSR count). The summed E-state index contributed by atoms with van der Waals surface area (Å²) in [7, 11) is 0. The van der Waals surface area contributed by atoms with Crippen molar-refractivity contribution in [3.8, 4) is 0 Å². The van der Waals surface area contributed by atoms with Crippen LogP contribution in [0.1, 0.15) is 22.3 Å². The fourth-order valence-corrected chi connectivity index (χ4v) is 13.6. The van der Waals surface area contributed by atoms with E-state index in [1.165, 1.54) is 28.3 Å². The number of fused-ring (bicyclic) bond motifs is 1. The first-order chi connectivity index (χ1) is 14.3. The number of benzene rings is 4. The molecule has 0 N–H and O–H groups in total. The Hall–Kier alpha value is -2.67. The van der Waals surface area contributed by atoms with Gasteiger partial charge in [-0.3, -0.25) is 0 Å². The van der Waals surface area contributed by atoms with Gasteiger partial charge < -0.3 is 0 Å². The minimum atomic E-state index is -3.08. The quantitative estimate of drug-likeness (QED) is 0.404. The van der Waals surface area contributed by atoms with Gasteiger partial charge in [0.05, 0.1) is 0 Å². The van der Waals surface area contributed by atoms with Crippen molar-refractivity contribution in [3.05, 3.63) is 132 Å². The van der Waals surface area contributed by atoms with Gasteiger partial charge in [-0.15, -0.1) is 0 Å². The normalized spacial score (nSPS) is 15.6. The molecule has 0 fully saturated rings. The molecule has 0 saturated carbocycles. The number of allylic oxidation sites excluding steroid dienone is 2. The number of rotatable bonds is 4. The van der Waals surface area contributed by atoms with Gasteiger partial charge in [-0.1, -0.05) is 0 Å². The van der Waals surface area contributed by atoms with Crippen molar-refractivity contribution >= 4 is 17.2 Å². The molecule has 0 nitrogen and oxygen atoms in total. The Balaban J connectivity index is 1.90. The van der Waals surface area contributed by atoms with E-state index in [4.69, 9.17) is 0 Å². The summed E-state index contributed by atoms with van der Waals surface area (Å²) in [5.41, 5.74) is 4.31. The van der Waals surface area contributed by atoms with Gasteiger partial charge in [0.25, 0.3) is 0 Å². The van der Waals surface area contributed by atoms with Gasteiger partial charge in [-0.2, -0.15) is 0 Å². The van der Waals surface area contributed by atoms with Crippen LogP contribution < -0.4 is 11.6 Å². The van der Waals surface area contributed by atoms with E-state index in [0.717, 1.165) is 0 Å². The summed E-state index contributed by atoms with van der Waals surface area (Å²) in [5, 5.41) is 0. The second-order valence-electron chi connectivity index (χ2n) is 7.82. The molecule has 1 aliphatic rings. The molecular weight excluding hydrogens is 384 g/mol. The van der Waals surface area contributed by atoms with Crippen LogP contribution in [-0.2, 0) is 16.6 Å². The van der Waals surface area contributed by atoms with Gasteiger partial charge in [0.2, 0.25) is 0 Å². The van der Waals surface area contributed by atoms with Gasteiger partial charge >= 0.3 is 177 Å². The Morgan fingerprint density at radius 2 is 0.931 bits per heavy atom. The molecular formula is C28H24Ti. The summed E-state index contributed by atoms with van der Waals surface area (Å²) in [5.74, 6) is 0. The van der Waals surface area contributed by atoms with Crippen molar-refractivity contribution in [1.82, 2.24) is 0 Å². The van der Waals surface area contributed by atoms with E-state index >= 15 is 0 Å². The molecule has 29 heavy (non-hydrogen) atoms. The molecule has 0 spiro atoms. The summed E-state index contributed by atoms with van der Waals surface area (Å²) in [6, 6.07) is 42.8. The standard InChI is InChI=1S/C10H9.3C6H5.Ti/c1-8-6-7-9-4-2-3-5-10(8)9;3*1-2-4-6-5-3-1;/h2-7H,1H3;3*1-5H;. The fourth-order valence-electron chi connectivity index (χ4n) is 5.06. The van der Waals surface area contributed by atoms with E-state index in [0.29, 0.717) is 4.22 Å². The minimum absolute atomic E-state index is 0.415. The zero-order chi connectivity index (χ0) is 19.7. The molecule has 4 aromatic rings. The van der Waals surface area contributed by atoms with Gasteiger partial charge in [0, 0.05) is 0 Å². The SMILES string of the molecule is CC1=C[CH]([Ti]([c]2ccccc2)([c]2ccccc2)[c]2ccccc2)c2ccccc21. The Bertz CT molecular complexity index is 1050. The van der Waals surface area contributed by atoms with Crippen molar-refractivity contribution in [2.24, 2.45) is 0 Å². The van der Waals surface area contributed by atoms with Crippen LogP contribution in [0.3, 0.4) is 0 Å². The third kappa shape index (κ3) is 2.95. The van der Waals surface area contributed by atoms with E-state index in [9.17, 15) is 0 Å². The predicted octanol–water partition coefficient (Wildman–Crippen LogP) is 5.28. The Kier molecular flexibility index (Phi) is 4.83. The van der Waals surface area contributed by atoms with Gasteiger partial charge in [0.15, 0.2) is 0 Å². The molecule has 0 aliphatic heterocycles. The van der Waals surface area contributed by atoms with Crippen molar-refractivity contribution in [2.75, 3.05) is 0 Å². The molecule has 0 heterocycles. The maximum absolute atomic E-state index is 3.08. The molecule has 0 amide bonds. The van der Waals surface area contributed by atoms with Gasteiger partial charge in [0.1, 0.15) is 0 Å². The summed E-state index contributed by atoms with van der Waals surface area (Å²) < 4.78 is 4.94. The first-order valence-electron chi connectivity index (χ1n) is 10.3. The molecule has 1 unspecified atom stereocenters. The summed E-state index contributed by atoms with van der Waals surface area (Å²) in [4.78, 5) is 0. The van der Waals surface area contributed by atoms with Crippen LogP contribution in [-0.4, -0.2) is 0 Å². The molecule has 1 heteroatoms. The van der Waals surface area contributed by atoms with Crippen LogP contribution in [0.15, 0.2) is 121 Å². The van der Waals surface area contributed by atoms with Crippen molar-refractivity contribution < 1.29 is 16.6 Å². The molecule has 1 atom stereocenters. The first kappa shape index (κ1) is 18.4. The Morgan fingerprint density at radius 1 is 0.517 bits per heavy atom. The average molecular weight is 408 g/mol. The van der Waals surface area contributed by atoms with E-state index < -0.39 is 16.6 Å². The molecule has 0 saturated heterocycles. The van der Waals surface area contributed by atoms with E-state index in [1.807, 2.05) is 0 Å². The van der Waals surface area contributed by atoms with E-state index in [2.05, 4.69) is 128 Å². The Morgan fingerprint density at radius 3 is 1.41 bits per heavy atom. The Labute approximate surface area is 176 Å². The average Bonchev–Trinajstić information content (AvgIpc) is 3.14. The van der Waals surface area contributed by atoms with Crippen LogP contribution in [0, 0.1) is 0 Å². The third-order valence-corrected chi connectivity index (χ3v) is 14.3. The fraction of sp³-hybridized carbons (Fsp3) is 0.0714. The second kappa shape index (κ2) is 7.63. The molecule has 0 radical (unpaired) electrons. The maximum atomic E-state index is 2.55. The van der Waals surface area contributed by atoms with Crippen LogP contribution in [0.4, 0.5) is 0 Å². The third-order valence-electron chi connectivity index (χ3n) is 6.29. The number of hydrogen-bond acceptors (Lipinski definition) is 0. The van der Waals surface area contributed by atoms with Crippen LogP contribution in [0.5, 0.6) is 0 Å². The van der Waals surface area contributed by atoms with E-state index in [-0.39, 0.29) is 0 Å². The predicted molar refractivity (Wildman–Crippen MR) is 121 cm³/mol.